The lowest BCUT2D eigenvalue weighted by Crippen LogP contribution is -2.23. The number of nitrogens with one attached hydrogen (secondary N) is 2. The van der Waals surface area contributed by atoms with E-state index in [2.05, 4.69) is 36.2 Å². The van der Waals surface area contributed by atoms with E-state index in [1.54, 1.807) is 16.9 Å². The lowest BCUT2D eigenvalue weighted by Gasteiger charge is -2.08. The fourth-order valence-corrected chi connectivity index (χ4v) is 3.91. The standard InChI is InChI=1S/C25H24F3N9O4/c26-25(27,28)18-7-17(9-29-12-18)11-31-24(39)20-14-37(35-33-20)6-2-1-5-36-13-19(32-34-36)23(38)30-10-16-3-4-21-22(8-16)41-15-40-21/h3-4,7-9,12-14H,1-2,5-6,10-11,15H2,(H,30,38)(H,31,39). The molecule has 4 aromatic rings. The number of carbonyl (C=O) groups excluding carboxylic acids is 2. The number of aromatic nitrogens is 7. The van der Waals surface area contributed by atoms with Gasteiger partial charge in [0.1, 0.15) is 0 Å². The summed E-state index contributed by atoms with van der Waals surface area (Å²) in [6.45, 7) is 1.31. The van der Waals surface area contributed by atoms with Gasteiger partial charge in [0.25, 0.3) is 11.8 Å². The van der Waals surface area contributed by atoms with Crippen LogP contribution < -0.4 is 20.1 Å². The first-order valence-electron chi connectivity index (χ1n) is 12.5. The number of pyridine rings is 1. The Labute approximate surface area is 230 Å². The lowest BCUT2D eigenvalue weighted by atomic mass is 10.2. The van der Waals surface area contributed by atoms with Gasteiger partial charge in [0.2, 0.25) is 6.79 Å². The van der Waals surface area contributed by atoms with Gasteiger partial charge in [0.05, 0.1) is 18.0 Å². The Hall–Kier alpha value is -5.02. The molecular weight excluding hydrogens is 547 g/mol. The molecule has 0 spiro atoms. The molecule has 5 rings (SSSR count). The molecule has 0 atom stereocenters. The van der Waals surface area contributed by atoms with E-state index in [0.29, 0.717) is 44.0 Å². The summed E-state index contributed by atoms with van der Waals surface area (Å²) in [6.07, 6.45) is 1.83. The summed E-state index contributed by atoms with van der Waals surface area (Å²) in [5.74, 6) is 0.385. The first-order valence-corrected chi connectivity index (χ1v) is 12.5. The highest BCUT2D eigenvalue weighted by molar-refractivity contribution is 5.92. The molecule has 1 aliphatic rings. The van der Waals surface area contributed by atoms with Crippen LogP contribution in [0, 0.1) is 0 Å². The third kappa shape index (κ3) is 7.14. The first kappa shape index (κ1) is 27.5. The molecule has 1 aromatic carbocycles. The zero-order valence-corrected chi connectivity index (χ0v) is 21.5. The molecule has 0 saturated heterocycles. The number of unbranched alkanes of at least 4 members (excludes halogenated alkanes) is 1. The maximum Gasteiger partial charge on any atom is 0.417 e. The number of rotatable bonds is 11. The highest BCUT2D eigenvalue weighted by Gasteiger charge is 2.31. The van der Waals surface area contributed by atoms with Crippen molar-refractivity contribution in [2.45, 2.75) is 45.2 Å². The topological polar surface area (TPSA) is 151 Å². The molecule has 0 aliphatic carbocycles. The molecule has 0 bridgehead atoms. The molecule has 2 N–H and O–H groups in total. The van der Waals surface area contributed by atoms with E-state index >= 15 is 0 Å². The number of halogens is 3. The Kier molecular flexibility index (Phi) is 8.07. The zero-order chi connectivity index (χ0) is 28.8. The van der Waals surface area contributed by atoms with E-state index in [-0.39, 0.29) is 36.2 Å². The quantitative estimate of drug-likeness (QED) is 0.259. The Balaban J connectivity index is 1.02. The predicted molar refractivity (Wildman–Crippen MR) is 133 cm³/mol. The summed E-state index contributed by atoms with van der Waals surface area (Å²) >= 11 is 0. The van der Waals surface area contributed by atoms with E-state index in [9.17, 15) is 22.8 Å². The third-order valence-corrected chi connectivity index (χ3v) is 6.03. The van der Waals surface area contributed by atoms with E-state index in [1.165, 1.54) is 17.1 Å². The Bertz CT molecular complexity index is 1540. The van der Waals surface area contributed by atoms with Crippen LogP contribution in [0.25, 0.3) is 0 Å². The lowest BCUT2D eigenvalue weighted by molar-refractivity contribution is -0.137. The molecule has 41 heavy (non-hydrogen) atoms. The number of aryl methyl sites for hydroxylation is 2. The number of nitrogens with zero attached hydrogens (tertiary/aromatic N) is 7. The van der Waals surface area contributed by atoms with Crippen molar-refractivity contribution in [3.63, 3.8) is 0 Å². The Morgan fingerprint density at radius 1 is 0.829 bits per heavy atom. The van der Waals surface area contributed by atoms with Crippen LogP contribution in [0.5, 0.6) is 11.5 Å². The molecule has 1 aliphatic heterocycles. The largest absolute Gasteiger partial charge is 0.454 e. The minimum absolute atomic E-state index is 0.0395. The van der Waals surface area contributed by atoms with Gasteiger partial charge in [0.15, 0.2) is 22.9 Å². The molecule has 3 aromatic heterocycles. The van der Waals surface area contributed by atoms with Crippen molar-refractivity contribution >= 4 is 11.8 Å². The van der Waals surface area contributed by atoms with E-state index < -0.39 is 17.6 Å². The van der Waals surface area contributed by atoms with Crippen LogP contribution in [0.15, 0.2) is 49.1 Å². The molecule has 214 valence electrons. The fraction of sp³-hybridized carbons (Fsp3) is 0.320. The van der Waals surface area contributed by atoms with Gasteiger partial charge in [-0.05, 0) is 42.2 Å². The van der Waals surface area contributed by atoms with E-state index in [4.69, 9.17) is 9.47 Å². The van der Waals surface area contributed by atoms with Crippen molar-refractivity contribution in [1.82, 2.24) is 45.6 Å². The summed E-state index contributed by atoms with van der Waals surface area (Å²) in [4.78, 5) is 28.3. The fourth-order valence-electron chi connectivity index (χ4n) is 3.91. The Morgan fingerprint density at radius 3 is 2.07 bits per heavy atom. The van der Waals surface area contributed by atoms with Gasteiger partial charge in [-0.25, -0.2) is 0 Å². The van der Waals surface area contributed by atoms with Crippen molar-refractivity contribution in [1.29, 1.82) is 0 Å². The van der Waals surface area contributed by atoms with Gasteiger partial charge in [-0.1, -0.05) is 16.5 Å². The van der Waals surface area contributed by atoms with Crippen LogP contribution in [0.4, 0.5) is 13.2 Å². The summed E-state index contributed by atoms with van der Waals surface area (Å²) < 4.78 is 52.2. The summed E-state index contributed by atoms with van der Waals surface area (Å²) in [6, 6.07) is 6.36. The van der Waals surface area contributed by atoms with Crippen molar-refractivity contribution in [2.24, 2.45) is 0 Å². The smallest absolute Gasteiger partial charge is 0.417 e. The molecule has 0 fully saturated rings. The molecule has 2 amide bonds. The van der Waals surface area contributed by atoms with Crippen molar-refractivity contribution in [3.8, 4) is 11.5 Å². The monoisotopic (exact) mass is 571 g/mol. The van der Waals surface area contributed by atoms with Gasteiger partial charge in [0, 0.05) is 38.6 Å². The van der Waals surface area contributed by atoms with Crippen LogP contribution in [-0.2, 0) is 32.4 Å². The van der Waals surface area contributed by atoms with E-state index in [1.807, 2.05) is 12.1 Å². The average Bonchev–Trinajstić information content (AvgIpc) is 3.73. The van der Waals surface area contributed by atoms with Crippen LogP contribution >= 0.6 is 0 Å². The van der Waals surface area contributed by atoms with Gasteiger partial charge < -0.3 is 20.1 Å². The van der Waals surface area contributed by atoms with Crippen LogP contribution in [0.1, 0.15) is 50.5 Å². The maximum atomic E-state index is 12.8. The minimum atomic E-state index is -4.52. The summed E-state index contributed by atoms with van der Waals surface area (Å²) in [5, 5.41) is 21.0. The predicted octanol–water partition coefficient (Wildman–Crippen LogP) is 2.35. The minimum Gasteiger partial charge on any atom is -0.454 e. The molecule has 0 radical (unpaired) electrons. The summed E-state index contributed by atoms with van der Waals surface area (Å²) in [7, 11) is 0. The number of hydrogen-bond acceptors (Lipinski definition) is 9. The van der Waals surface area contributed by atoms with Gasteiger partial charge >= 0.3 is 6.18 Å². The number of fused-ring (bicyclic) bond motifs is 1. The molecule has 16 heteroatoms. The number of amides is 2. The van der Waals surface area contributed by atoms with Gasteiger partial charge in [-0.2, -0.15) is 13.2 Å². The van der Waals surface area contributed by atoms with Crippen molar-refractivity contribution in [2.75, 3.05) is 6.79 Å². The number of benzene rings is 1. The molecular formula is C25H24F3N9O4. The third-order valence-electron chi connectivity index (χ3n) is 6.03. The Morgan fingerprint density at radius 2 is 1.44 bits per heavy atom. The number of alkyl halides is 3. The first-order chi connectivity index (χ1) is 19.7. The molecule has 13 nitrogen and oxygen atoms in total. The molecule has 4 heterocycles. The van der Waals surface area contributed by atoms with Crippen LogP contribution in [0.2, 0.25) is 0 Å². The van der Waals surface area contributed by atoms with Gasteiger partial charge in [-0.3, -0.25) is 23.9 Å². The normalized spacial score (nSPS) is 12.4. The molecule has 0 unspecified atom stereocenters. The van der Waals surface area contributed by atoms with Crippen LogP contribution in [-0.4, -0.2) is 53.6 Å². The van der Waals surface area contributed by atoms with Crippen molar-refractivity contribution in [3.05, 3.63) is 77.1 Å². The SMILES string of the molecule is O=C(NCc1cncc(C(F)(F)F)c1)c1cn(CCCCn2cc(C(=O)NCc3ccc4c(c3)OCO4)nn2)nn1. The number of carbonyl (C=O) groups is 2. The maximum absolute atomic E-state index is 12.8. The van der Waals surface area contributed by atoms with Gasteiger partial charge in [-0.15, -0.1) is 10.2 Å². The summed E-state index contributed by atoms with van der Waals surface area (Å²) in [5.41, 5.74) is 0.408. The van der Waals surface area contributed by atoms with E-state index in [0.717, 1.165) is 17.8 Å². The second-order valence-corrected chi connectivity index (χ2v) is 9.07. The second kappa shape index (κ2) is 12.0. The zero-order valence-electron chi connectivity index (χ0n) is 21.5. The number of ether oxygens (including phenoxy) is 2. The van der Waals surface area contributed by atoms with Crippen LogP contribution in [0.3, 0.4) is 0 Å². The van der Waals surface area contributed by atoms with Crippen molar-refractivity contribution < 1.29 is 32.2 Å². The average molecular weight is 572 g/mol. The highest BCUT2D eigenvalue weighted by Crippen LogP contribution is 2.32. The molecule has 0 saturated carbocycles. The second-order valence-electron chi connectivity index (χ2n) is 9.07. The number of hydrogen-bond donors (Lipinski definition) is 2. The highest BCUT2D eigenvalue weighted by atomic mass is 19.4.